The molecule has 0 amide bonds. The number of rotatable bonds is 1. The summed E-state index contributed by atoms with van der Waals surface area (Å²) in [6.45, 7) is 0. The van der Waals surface area contributed by atoms with Crippen LogP contribution in [0.2, 0.25) is 0 Å². The van der Waals surface area contributed by atoms with Gasteiger partial charge in [-0.2, -0.15) is 0 Å². The van der Waals surface area contributed by atoms with Crippen LogP contribution in [-0.2, 0) is 0 Å². The van der Waals surface area contributed by atoms with Crippen LogP contribution < -0.4 is 0 Å². The standard InChI is InChI=1S/C8H13NO3/c1-9(2)8(12)6(10)4-3-5-7(8)11/h3-6,10-12H,1-2H3. The summed E-state index contributed by atoms with van der Waals surface area (Å²) in [5.41, 5.74) is -1.69. The molecule has 12 heavy (non-hydrogen) atoms. The van der Waals surface area contributed by atoms with Gasteiger partial charge in [0.2, 0.25) is 5.72 Å². The van der Waals surface area contributed by atoms with Crippen LogP contribution in [0.3, 0.4) is 0 Å². The second-order valence-electron chi connectivity index (χ2n) is 3.00. The van der Waals surface area contributed by atoms with E-state index in [9.17, 15) is 15.3 Å². The van der Waals surface area contributed by atoms with Crippen LogP contribution in [0.15, 0.2) is 24.0 Å². The van der Waals surface area contributed by atoms with Crippen molar-refractivity contribution in [2.45, 2.75) is 11.8 Å². The van der Waals surface area contributed by atoms with Gasteiger partial charge in [-0.05, 0) is 20.2 Å². The van der Waals surface area contributed by atoms with Crippen molar-refractivity contribution in [2.75, 3.05) is 14.1 Å². The van der Waals surface area contributed by atoms with E-state index in [1.807, 2.05) is 0 Å². The van der Waals surface area contributed by atoms with Crippen LogP contribution in [0.1, 0.15) is 0 Å². The molecule has 0 aromatic heterocycles. The van der Waals surface area contributed by atoms with Gasteiger partial charge >= 0.3 is 0 Å². The number of hydrogen-bond donors (Lipinski definition) is 3. The predicted molar refractivity (Wildman–Crippen MR) is 44.5 cm³/mol. The zero-order valence-electron chi connectivity index (χ0n) is 7.10. The first kappa shape index (κ1) is 9.25. The molecule has 0 aliphatic heterocycles. The van der Waals surface area contributed by atoms with E-state index >= 15 is 0 Å². The lowest BCUT2D eigenvalue weighted by molar-refractivity contribution is -0.139. The summed E-state index contributed by atoms with van der Waals surface area (Å²) in [5.74, 6) is -0.248. The molecule has 4 nitrogen and oxygen atoms in total. The monoisotopic (exact) mass is 171 g/mol. The van der Waals surface area contributed by atoms with E-state index in [0.29, 0.717) is 0 Å². The number of nitrogens with zero attached hydrogens (tertiary/aromatic N) is 1. The summed E-state index contributed by atoms with van der Waals surface area (Å²) >= 11 is 0. The van der Waals surface area contributed by atoms with Gasteiger partial charge in [0.15, 0.2) is 0 Å². The molecule has 0 saturated carbocycles. The Bertz CT molecular complexity index is 234. The lowest BCUT2D eigenvalue weighted by Gasteiger charge is -2.37. The minimum atomic E-state index is -1.69. The fraction of sp³-hybridized carbons (Fsp3) is 0.500. The van der Waals surface area contributed by atoms with Gasteiger partial charge in [0.25, 0.3) is 0 Å². The molecule has 68 valence electrons. The van der Waals surface area contributed by atoms with Gasteiger partial charge in [-0.25, -0.2) is 0 Å². The van der Waals surface area contributed by atoms with Gasteiger partial charge in [0.05, 0.1) is 0 Å². The molecule has 2 atom stereocenters. The lowest BCUT2D eigenvalue weighted by atomic mass is 9.98. The van der Waals surface area contributed by atoms with Crippen LogP contribution in [0, 0.1) is 0 Å². The highest BCUT2D eigenvalue weighted by Crippen LogP contribution is 2.25. The second-order valence-corrected chi connectivity index (χ2v) is 3.00. The van der Waals surface area contributed by atoms with Crippen LogP contribution in [0.5, 0.6) is 0 Å². The third kappa shape index (κ3) is 1.14. The van der Waals surface area contributed by atoms with Gasteiger partial charge in [0.1, 0.15) is 11.9 Å². The van der Waals surface area contributed by atoms with Crippen molar-refractivity contribution >= 4 is 0 Å². The molecule has 0 spiro atoms. The Morgan fingerprint density at radius 3 is 2.42 bits per heavy atom. The van der Waals surface area contributed by atoms with E-state index in [-0.39, 0.29) is 5.76 Å². The third-order valence-corrected chi connectivity index (χ3v) is 2.02. The maximum Gasteiger partial charge on any atom is 0.206 e. The molecule has 0 heterocycles. The Balaban J connectivity index is 3.02. The number of aliphatic hydroxyl groups excluding tert-OH is 2. The fourth-order valence-corrected chi connectivity index (χ4v) is 1.15. The molecule has 0 bridgehead atoms. The Morgan fingerprint density at radius 2 is 2.08 bits per heavy atom. The number of allylic oxidation sites excluding steroid dienone is 2. The van der Waals surface area contributed by atoms with Crippen molar-refractivity contribution in [3.05, 3.63) is 24.0 Å². The summed E-state index contributed by atoms with van der Waals surface area (Å²) in [5, 5.41) is 28.5. The lowest BCUT2D eigenvalue weighted by Crippen LogP contribution is -2.55. The van der Waals surface area contributed by atoms with E-state index in [1.54, 1.807) is 14.1 Å². The molecule has 0 aromatic rings. The Labute approximate surface area is 71.1 Å². The first-order chi connectivity index (χ1) is 5.49. The van der Waals surface area contributed by atoms with Crippen LogP contribution >= 0.6 is 0 Å². The maximum atomic E-state index is 9.79. The van der Waals surface area contributed by atoms with Crippen LogP contribution in [-0.4, -0.2) is 46.1 Å². The van der Waals surface area contributed by atoms with Gasteiger partial charge in [-0.15, -0.1) is 0 Å². The molecule has 4 heteroatoms. The Kier molecular flexibility index (Phi) is 2.23. The average molecular weight is 171 g/mol. The van der Waals surface area contributed by atoms with E-state index in [4.69, 9.17) is 0 Å². The quantitative estimate of drug-likeness (QED) is 0.470. The average Bonchev–Trinajstić information content (AvgIpc) is 1.99. The Hall–Kier alpha value is -0.840. The van der Waals surface area contributed by atoms with Gasteiger partial charge < -0.3 is 15.3 Å². The van der Waals surface area contributed by atoms with Crippen LogP contribution in [0.25, 0.3) is 0 Å². The molecule has 0 fully saturated rings. The second kappa shape index (κ2) is 2.90. The summed E-state index contributed by atoms with van der Waals surface area (Å²) in [7, 11) is 3.15. The van der Waals surface area contributed by atoms with Crippen molar-refractivity contribution in [3.63, 3.8) is 0 Å². The third-order valence-electron chi connectivity index (χ3n) is 2.02. The fourth-order valence-electron chi connectivity index (χ4n) is 1.15. The molecule has 0 radical (unpaired) electrons. The molecule has 0 saturated heterocycles. The van der Waals surface area contributed by atoms with Gasteiger partial charge in [-0.3, -0.25) is 4.90 Å². The smallest absolute Gasteiger partial charge is 0.206 e. The van der Waals surface area contributed by atoms with Gasteiger partial charge in [-0.1, -0.05) is 12.2 Å². The molecule has 0 aromatic carbocycles. The summed E-state index contributed by atoms with van der Waals surface area (Å²) in [6, 6.07) is 0. The minimum absolute atomic E-state index is 0.248. The zero-order valence-corrected chi connectivity index (χ0v) is 7.10. The molecule has 1 rings (SSSR count). The molecule has 2 unspecified atom stereocenters. The van der Waals surface area contributed by atoms with Crippen molar-refractivity contribution in [1.29, 1.82) is 0 Å². The normalized spacial score (nSPS) is 35.4. The van der Waals surface area contributed by atoms with E-state index < -0.39 is 11.8 Å². The molecule has 1 aliphatic carbocycles. The first-order valence-electron chi connectivity index (χ1n) is 3.65. The number of aliphatic hydroxyl groups is 3. The molecular formula is C8H13NO3. The SMILES string of the molecule is CN(C)C1(O)C(O)=CC=CC1O. The maximum absolute atomic E-state index is 9.79. The first-order valence-corrected chi connectivity index (χ1v) is 3.65. The van der Waals surface area contributed by atoms with E-state index in [0.717, 1.165) is 0 Å². The summed E-state index contributed by atoms with van der Waals surface area (Å²) in [6.07, 6.45) is 3.17. The predicted octanol–water partition coefficient (Wildman–Crippen LogP) is -0.391. The summed E-state index contributed by atoms with van der Waals surface area (Å²) in [4.78, 5) is 1.35. The zero-order chi connectivity index (χ0) is 9.35. The van der Waals surface area contributed by atoms with Crippen molar-refractivity contribution in [2.24, 2.45) is 0 Å². The molecular weight excluding hydrogens is 158 g/mol. The molecule has 1 aliphatic rings. The molecule has 3 N–H and O–H groups in total. The highest BCUT2D eigenvalue weighted by atomic mass is 16.4. The Morgan fingerprint density at radius 1 is 1.50 bits per heavy atom. The topological polar surface area (TPSA) is 63.9 Å². The minimum Gasteiger partial charge on any atom is -0.508 e. The van der Waals surface area contributed by atoms with Crippen LogP contribution in [0.4, 0.5) is 0 Å². The van der Waals surface area contributed by atoms with Crippen molar-refractivity contribution in [3.8, 4) is 0 Å². The van der Waals surface area contributed by atoms with Gasteiger partial charge in [0, 0.05) is 0 Å². The number of hydrogen-bond acceptors (Lipinski definition) is 4. The summed E-state index contributed by atoms with van der Waals surface area (Å²) < 4.78 is 0. The van der Waals surface area contributed by atoms with E-state index in [1.165, 1.54) is 23.1 Å². The van der Waals surface area contributed by atoms with E-state index in [2.05, 4.69) is 0 Å². The highest BCUT2D eigenvalue weighted by Gasteiger charge is 2.42. The van der Waals surface area contributed by atoms with Crippen molar-refractivity contribution in [1.82, 2.24) is 4.90 Å². The number of likely N-dealkylation sites (N-methyl/N-ethyl adjacent to an activating group) is 1. The van der Waals surface area contributed by atoms with Crippen molar-refractivity contribution < 1.29 is 15.3 Å². The largest absolute Gasteiger partial charge is 0.508 e. The highest BCUT2D eigenvalue weighted by molar-refractivity contribution is 5.25.